The summed E-state index contributed by atoms with van der Waals surface area (Å²) in [6.45, 7) is 1.90. The number of hydrogen-bond acceptors (Lipinski definition) is 8. The van der Waals surface area contributed by atoms with Crippen LogP contribution in [-0.4, -0.2) is 40.1 Å². The zero-order chi connectivity index (χ0) is 22.4. The van der Waals surface area contributed by atoms with Gasteiger partial charge in [0.15, 0.2) is 11.5 Å². The highest BCUT2D eigenvalue weighted by Crippen LogP contribution is 2.33. The van der Waals surface area contributed by atoms with Gasteiger partial charge in [-0.2, -0.15) is 0 Å². The van der Waals surface area contributed by atoms with E-state index in [1.807, 2.05) is 12.1 Å². The summed E-state index contributed by atoms with van der Waals surface area (Å²) in [6.07, 6.45) is 0. The van der Waals surface area contributed by atoms with Crippen LogP contribution in [0.15, 0.2) is 52.7 Å². The van der Waals surface area contributed by atoms with E-state index in [4.69, 9.17) is 14.2 Å². The second-order valence-corrected chi connectivity index (χ2v) is 8.94. The van der Waals surface area contributed by atoms with Crippen LogP contribution >= 0.6 is 11.3 Å². The average molecular weight is 463 g/mol. The molecule has 164 valence electrons. The number of carbonyl (C=O) groups is 1. The Hall–Kier alpha value is -2.95. The molecular weight excluding hydrogens is 440 g/mol. The number of thiazole rings is 1. The van der Waals surface area contributed by atoms with Crippen molar-refractivity contribution >= 4 is 27.3 Å². The SMILES string of the molecule is CCNS(=O)(=O)c1cccc(C(=O)OCc2csc(-c3ccc(OC)c(OC)c3)n2)c1. The first-order chi connectivity index (χ1) is 14.9. The molecule has 0 spiro atoms. The van der Waals surface area contributed by atoms with Gasteiger partial charge < -0.3 is 14.2 Å². The number of ether oxygens (including phenoxy) is 3. The van der Waals surface area contributed by atoms with Crippen molar-refractivity contribution < 1.29 is 27.4 Å². The molecule has 0 aliphatic rings. The van der Waals surface area contributed by atoms with Gasteiger partial charge in [-0.15, -0.1) is 11.3 Å². The van der Waals surface area contributed by atoms with E-state index in [0.717, 1.165) is 10.6 Å². The number of esters is 1. The first-order valence-corrected chi connectivity index (χ1v) is 11.7. The highest BCUT2D eigenvalue weighted by molar-refractivity contribution is 7.89. The average Bonchev–Trinajstić information content (AvgIpc) is 3.26. The summed E-state index contributed by atoms with van der Waals surface area (Å²) in [7, 11) is -0.529. The minimum absolute atomic E-state index is 0.00759. The van der Waals surface area contributed by atoms with Crippen LogP contribution in [0.3, 0.4) is 0 Å². The lowest BCUT2D eigenvalue weighted by Gasteiger charge is -2.08. The van der Waals surface area contributed by atoms with Crippen LogP contribution < -0.4 is 14.2 Å². The lowest BCUT2D eigenvalue weighted by Crippen LogP contribution is -2.23. The molecule has 0 aliphatic heterocycles. The number of sulfonamides is 1. The molecule has 3 rings (SSSR count). The minimum Gasteiger partial charge on any atom is -0.493 e. The van der Waals surface area contributed by atoms with Crippen molar-refractivity contribution in [1.82, 2.24) is 9.71 Å². The molecule has 3 aromatic rings. The summed E-state index contributed by atoms with van der Waals surface area (Å²) in [5.74, 6) is 0.583. The minimum atomic E-state index is -3.66. The molecule has 0 unspecified atom stereocenters. The largest absolute Gasteiger partial charge is 0.493 e. The molecule has 0 amide bonds. The summed E-state index contributed by atoms with van der Waals surface area (Å²) >= 11 is 1.41. The van der Waals surface area contributed by atoms with Crippen LogP contribution in [0.2, 0.25) is 0 Å². The van der Waals surface area contributed by atoms with Gasteiger partial charge in [-0.3, -0.25) is 0 Å². The predicted octanol–water partition coefficient (Wildman–Crippen LogP) is 3.48. The van der Waals surface area contributed by atoms with Crippen LogP contribution in [-0.2, 0) is 21.4 Å². The number of benzene rings is 2. The fourth-order valence-corrected chi connectivity index (χ4v) is 4.65. The Morgan fingerprint density at radius 1 is 1.10 bits per heavy atom. The molecule has 0 saturated heterocycles. The van der Waals surface area contributed by atoms with Gasteiger partial charge >= 0.3 is 5.97 Å². The fraction of sp³-hybridized carbons (Fsp3) is 0.238. The lowest BCUT2D eigenvalue weighted by atomic mass is 10.2. The summed E-state index contributed by atoms with van der Waals surface area (Å²) in [4.78, 5) is 16.9. The van der Waals surface area contributed by atoms with Crippen LogP contribution in [0.4, 0.5) is 0 Å². The Bertz CT molecular complexity index is 1170. The van der Waals surface area contributed by atoms with Gasteiger partial charge in [0.25, 0.3) is 0 Å². The van der Waals surface area contributed by atoms with Crippen molar-refractivity contribution in [3.63, 3.8) is 0 Å². The standard InChI is InChI=1S/C21H22N2O6S2/c1-4-22-31(25,26)17-7-5-6-15(10-17)21(24)29-12-16-13-30-20(23-16)14-8-9-18(27-2)19(11-14)28-3/h5-11,13,22H,4,12H2,1-3H3. The van der Waals surface area contributed by atoms with E-state index in [2.05, 4.69) is 9.71 Å². The quantitative estimate of drug-likeness (QED) is 0.486. The Labute approximate surface area is 184 Å². The molecule has 0 bridgehead atoms. The number of aromatic nitrogens is 1. The van der Waals surface area contributed by atoms with E-state index in [0.29, 0.717) is 17.2 Å². The maximum atomic E-state index is 12.4. The first kappa shape index (κ1) is 22.7. The van der Waals surface area contributed by atoms with E-state index in [-0.39, 0.29) is 23.6 Å². The van der Waals surface area contributed by atoms with Crippen LogP contribution in [0.25, 0.3) is 10.6 Å². The number of hydrogen-bond donors (Lipinski definition) is 1. The molecule has 1 heterocycles. The van der Waals surface area contributed by atoms with E-state index in [1.54, 1.807) is 32.6 Å². The molecule has 0 saturated carbocycles. The molecule has 8 nitrogen and oxygen atoms in total. The van der Waals surface area contributed by atoms with Gasteiger partial charge in [0.05, 0.1) is 30.4 Å². The van der Waals surface area contributed by atoms with Gasteiger partial charge in [-0.25, -0.2) is 22.9 Å². The third-order valence-electron chi connectivity index (χ3n) is 4.25. The predicted molar refractivity (Wildman–Crippen MR) is 117 cm³/mol. The van der Waals surface area contributed by atoms with Crippen LogP contribution in [0.1, 0.15) is 23.0 Å². The summed E-state index contributed by atoms with van der Waals surface area (Å²) in [6, 6.07) is 11.2. The topological polar surface area (TPSA) is 104 Å². The molecule has 0 fully saturated rings. The zero-order valence-corrected chi connectivity index (χ0v) is 18.9. The number of carbonyl (C=O) groups excluding carboxylic acids is 1. The Morgan fingerprint density at radius 3 is 2.58 bits per heavy atom. The summed E-state index contributed by atoms with van der Waals surface area (Å²) in [5, 5.41) is 2.54. The maximum Gasteiger partial charge on any atom is 0.338 e. The van der Waals surface area contributed by atoms with Gasteiger partial charge in [0.1, 0.15) is 11.6 Å². The zero-order valence-electron chi connectivity index (χ0n) is 17.2. The molecule has 0 radical (unpaired) electrons. The molecule has 0 atom stereocenters. The van der Waals surface area contributed by atoms with Crippen molar-refractivity contribution in [3.05, 3.63) is 59.1 Å². The third kappa shape index (κ3) is 5.40. The van der Waals surface area contributed by atoms with Crippen molar-refractivity contribution in [1.29, 1.82) is 0 Å². The normalized spacial score (nSPS) is 11.2. The molecule has 31 heavy (non-hydrogen) atoms. The van der Waals surface area contributed by atoms with Gasteiger partial charge in [0.2, 0.25) is 10.0 Å². The molecular formula is C21H22N2O6S2. The van der Waals surface area contributed by atoms with Gasteiger partial charge in [0, 0.05) is 17.5 Å². The molecule has 10 heteroatoms. The molecule has 2 aromatic carbocycles. The van der Waals surface area contributed by atoms with Crippen LogP contribution in [0.5, 0.6) is 11.5 Å². The molecule has 0 aliphatic carbocycles. The lowest BCUT2D eigenvalue weighted by molar-refractivity contribution is 0.0468. The highest BCUT2D eigenvalue weighted by Gasteiger charge is 2.17. The Morgan fingerprint density at radius 2 is 1.87 bits per heavy atom. The Kier molecular flexibility index (Phi) is 7.26. The van der Waals surface area contributed by atoms with E-state index >= 15 is 0 Å². The van der Waals surface area contributed by atoms with E-state index < -0.39 is 16.0 Å². The monoisotopic (exact) mass is 462 g/mol. The third-order valence-corrected chi connectivity index (χ3v) is 6.73. The second kappa shape index (κ2) is 9.90. The Balaban J connectivity index is 1.69. The number of rotatable bonds is 9. The fourth-order valence-electron chi connectivity index (χ4n) is 2.76. The van der Waals surface area contributed by atoms with Gasteiger partial charge in [-0.1, -0.05) is 13.0 Å². The number of nitrogens with one attached hydrogen (secondary N) is 1. The van der Waals surface area contributed by atoms with E-state index in [9.17, 15) is 13.2 Å². The second-order valence-electron chi connectivity index (χ2n) is 6.32. The van der Waals surface area contributed by atoms with Gasteiger partial charge in [-0.05, 0) is 36.4 Å². The molecule has 1 aromatic heterocycles. The molecule has 1 N–H and O–H groups in total. The van der Waals surface area contributed by atoms with Crippen molar-refractivity contribution in [3.8, 4) is 22.1 Å². The maximum absolute atomic E-state index is 12.4. The summed E-state index contributed by atoms with van der Waals surface area (Å²) in [5.41, 5.74) is 1.58. The highest BCUT2D eigenvalue weighted by atomic mass is 32.2. The smallest absolute Gasteiger partial charge is 0.338 e. The van der Waals surface area contributed by atoms with E-state index in [1.165, 1.54) is 35.6 Å². The number of nitrogens with zero attached hydrogens (tertiary/aromatic N) is 1. The number of methoxy groups -OCH3 is 2. The first-order valence-electron chi connectivity index (χ1n) is 9.31. The van der Waals surface area contributed by atoms with Crippen molar-refractivity contribution in [2.24, 2.45) is 0 Å². The van der Waals surface area contributed by atoms with Crippen molar-refractivity contribution in [2.45, 2.75) is 18.4 Å². The van der Waals surface area contributed by atoms with Crippen LogP contribution in [0, 0.1) is 0 Å². The summed E-state index contributed by atoms with van der Waals surface area (Å²) < 4.78 is 42.5. The van der Waals surface area contributed by atoms with Crippen molar-refractivity contribution in [2.75, 3.05) is 20.8 Å².